The summed E-state index contributed by atoms with van der Waals surface area (Å²) in [5, 5.41) is 2.31. The topological polar surface area (TPSA) is 113 Å². The van der Waals surface area contributed by atoms with Crippen LogP contribution in [-0.4, -0.2) is 43.3 Å². The van der Waals surface area contributed by atoms with Crippen LogP contribution >= 0.6 is 11.8 Å². The number of carbonyl (C=O) groups excluding carboxylic acids is 2. The molecule has 1 aromatic heterocycles. The fourth-order valence-corrected chi connectivity index (χ4v) is 4.95. The maximum absolute atomic E-state index is 14.2. The highest BCUT2D eigenvalue weighted by atomic mass is 32.2. The molecule has 0 saturated carbocycles. The van der Waals surface area contributed by atoms with E-state index >= 15 is 0 Å². The van der Waals surface area contributed by atoms with Gasteiger partial charge in [-0.05, 0) is 53.8 Å². The van der Waals surface area contributed by atoms with Crippen molar-refractivity contribution in [3.63, 3.8) is 0 Å². The van der Waals surface area contributed by atoms with Gasteiger partial charge in [-0.3, -0.25) is 4.79 Å². The van der Waals surface area contributed by atoms with Gasteiger partial charge in [0, 0.05) is 6.07 Å². The van der Waals surface area contributed by atoms with Crippen LogP contribution in [0.4, 0.5) is 18.0 Å². The number of esters is 1. The number of rotatable bonds is 9. The minimum absolute atomic E-state index is 0.0174. The first-order valence-electron chi connectivity index (χ1n) is 13.4. The molecule has 2 heterocycles. The molecule has 1 aliphatic rings. The molecule has 13 heteroatoms. The zero-order valence-electron chi connectivity index (χ0n) is 23.3. The maximum Gasteiger partial charge on any atom is 0.450 e. The van der Waals surface area contributed by atoms with E-state index in [1.54, 1.807) is 24.3 Å². The van der Waals surface area contributed by atoms with Crippen molar-refractivity contribution in [3.05, 3.63) is 88.3 Å². The first-order chi connectivity index (χ1) is 21.1. The molecule has 0 fully saturated rings. The molecule has 230 valence electrons. The lowest BCUT2D eigenvalue weighted by molar-refractivity contribution is -0.152. The molecular formula is C31H26F3NO8S. The van der Waals surface area contributed by atoms with Crippen LogP contribution < -0.4 is 25.0 Å². The van der Waals surface area contributed by atoms with Crippen LogP contribution in [0.1, 0.15) is 17.7 Å². The van der Waals surface area contributed by atoms with Gasteiger partial charge >= 0.3 is 18.2 Å². The predicted octanol–water partition coefficient (Wildman–Crippen LogP) is 6.20. The van der Waals surface area contributed by atoms with E-state index in [-0.39, 0.29) is 48.7 Å². The monoisotopic (exact) mass is 629 g/mol. The molecule has 0 radical (unpaired) electrons. The highest BCUT2D eigenvalue weighted by Crippen LogP contribution is 2.40. The molecular weight excluding hydrogens is 603 g/mol. The molecule has 4 aromatic rings. The summed E-state index contributed by atoms with van der Waals surface area (Å²) in [6, 6.07) is 15.4. The van der Waals surface area contributed by atoms with Gasteiger partial charge in [0.15, 0.2) is 11.5 Å². The van der Waals surface area contributed by atoms with E-state index in [1.165, 1.54) is 42.1 Å². The Hall–Kier alpha value is -4.65. The Kier molecular flexibility index (Phi) is 9.33. The van der Waals surface area contributed by atoms with E-state index < -0.39 is 46.6 Å². The molecule has 0 aliphatic carbocycles. The Labute approximate surface area is 253 Å². The summed E-state index contributed by atoms with van der Waals surface area (Å²) in [6.07, 6.45) is -3.86. The molecule has 1 N–H and O–H groups in total. The molecule has 0 saturated heterocycles. The van der Waals surface area contributed by atoms with E-state index in [9.17, 15) is 27.6 Å². The third-order valence-corrected chi connectivity index (χ3v) is 7.21. The van der Waals surface area contributed by atoms with Crippen molar-refractivity contribution in [2.75, 3.05) is 25.2 Å². The summed E-state index contributed by atoms with van der Waals surface area (Å²) >= 11 is 1.43. The van der Waals surface area contributed by atoms with E-state index in [0.717, 1.165) is 11.6 Å². The number of alkyl carbamates (subject to hydrolysis) is 1. The standard InChI is InChI=1S/C31H26F3NO8S/c1-44-14-11-22(35-30(38)41-17-18-5-3-2-4-6-18)29(37)42-20-8-9-21-24(16-20)43-28(31(32,33)34)26(27(21)36)19-7-10-23-25(15-19)40-13-12-39-23/h2-10,15-16,22H,11-14,17H2,1H3,(H,35,38)/t22-/m0/s1. The second kappa shape index (κ2) is 13.3. The minimum Gasteiger partial charge on any atom is -0.486 e. The summed E-state index contributed by atoms with van der Waals surface area (Å²) < 4.78 is 69.3. The number of ether oxygens (including phenoxy) is 4. The third kappa shape index (κ3) is 7.10. The largest absolute Gasteiger partial charge is 0.486 e. The van der Waals surface area contributed by atoms with E-state index in [4.69, 9.17) is 23.4 Å². The number of hydrogen-bond acceptors (Lipinski definition) is 9. The van der Waals surface area contributed by atoms with Crippen molar-refractivity contribution in [1.82, 2.24) is 5.32 Å². The summed E-state index contributed by atoms with van der Waals surface area (Å²) in [5.41, 5.74) is -1.38. The van der Waals surface area contributed by atoms with Gasteiger partial charge in [0.05, 0.1) is 10.9 Å². The minimum atomic E-state index is -5.03. The number of carbonyl (C=O) groups is 2. The van der Waals surface area contributed by atoms with Gasteiger partial charge in [-0.1, -0.05) is 36.4 Å². The fraction of sp³-hybridized carbons (Fsp3) is 0.258. The molecule has 1 amide bonds. The Balaban J connectivity index is 1.40. The number of hydrogen-bond donors (Lipinski definition) is 1. The van der Waals surface area contributed by atoms with Gasteiger partial charge in [-0.15, -0.1) is 0 Å². The van der Waals surface area contributed by atoms with E-state index in [1.807, 2.05) is 12.3 Å². The van der Waals surface area contributed by atoms with Crippen molar-refractivity contribution < 1.29 is 46.1 Å². The van der Waals surface area contributed by atoms with Crippen LogP contribution in [0.2, 0.25) is 0 Å². The summed E-state index contributed by atoms with van der Waals surface area (Å²) in [5.74, 6) is -1.53. The lowest BCUT2D eigenvalue weighted by atomic mass is 10.0. The predicted molar refractivity (Wildman–Crippen MR) is 156 cm³/mol. The van der Waals surface area contributed by atoms with Crippen LogP contribution in [0.3, 0.4) is 0 Å². The Morgan fingerprint density at radius 1 is 1.00 bits per heavy atom. The molecule has 5 rings (SSSR count). The number of benzene rings is 3. The zero-order chi connectivity index (χ0) is 31.3. The molecule has 0 spiro atoms. The molecule has 0 unspecified atom stereocenters. The van der Waals surface area contributed by atoms with Crippen molar-refractivity contribution in [2.24, 2.45) is 0 Å². The fourth-order valence-electron chi connectivity index (χ4n) is 4.48. The van der Waals surface area contributed by atoms with Gasteiger partial charge in [-0.25, -0.2) is 9.59 Å². The molecule has 0 bridgehead atoms. The molecule has 44 heavy (non-hydrogen) atoms. The number of thioether (sulfide) groups is 1. The van der Waals surface area contributed by atoms with Gasteiger partial charge in [0.25, 0.3) is 0 Å². The van der Waals surface area contributed by atoms with Crippen LogP contribution in [0, 0.1) is 0 Å². The Bertz CT molecular complexity index is 1730. The van der Waals surface area contributed by atoms with Crippen LogP contribution in [0.25, 0.3) is 22.1 Å². The molecule has 1 atom stereocenters. The quantitative estimate of drug-likeness (QED) is 0.171. The van der Waals surface area contributed by atoms with Gasteiger partial charge in [0.1, 0.15) is 37.2 Å². The van der Waals surface area contributed by atoms with Gasteiger partial charge < -0.3 is 28.7 Å². The summed E-state index contributed by atoms with van der Waals surface area (Å²) in [4.78, 5) is 38.8. The summed E-state index contributed by atoms with van der Waals surface area (Å²) in [7, 11) is 0. The Morgan fingerprint density at radius 2 is 1.75 bits per heavy atom. The van der Waals surface area contributed by atoms with E-state index in [2.05, 4.69) is 5.32 Å². The average molecular weight is 630 g/mol. The van der Waals surface area contributed by atoms with Crippen molar-refractivity contribution in [2.45, 2.75) is 25.2 Å². The second-order valence-electron chi connectivity index (χ2n) is 9.61. The zero-order valence-corrected chi connectivity index (χ0v) is 24.1. The lowest BCUT2D eigenvalue weighted by Crippen LogP contribution is -2.43. The normalized spacial score (nSPS) is 13.3. The third-order valence-electron chi connectivity index (χ3n) is 6.57. The second-order valence-corrected chi connectivity index (χ2v) is 10.6. The van der Waals surface area contributed by atoms with Crippen LogP contribution in [0.5, 0.6) is 17.2 Å². The van der Waals surface area contributed by atoms with E-state index in [0.29, 0.717) is 11.5 Å². The highest BCUT2D eigenvalue weighted by Gasteiger charge is 2.39. The SMILES string of the molecule is CSCC[C@H](NC(=O)OCc1ccccc1)C(=O)Oc1ccc2c(=O)c(-c3ccc4c(c3)OCCO4)c(C(F)(F)F)oc2c1. The van der Waals surface area contributed by atoms with Crippen molar-refractivity contribution in [3.8, 4) is 28.4 Å². The Morgan fingerprint density at radius 3 is 2.48 bits per heavy atom. The van der Waals surface area contributed by atoms with Crippen LogP contribution in [0.15, 0.2) is 75.9 Å². The number of fused-ring (bicyclic) bond motifs is 2. The van der Waals surface area contributed by atoms with Gasteiger partial charge in [0.2, 0.25) is 11.2 Å². The molecule has 9 nitrogen and oxygen atoms in total. The molecule has 1 aliphatic heterocycles. The molecule has 3 aromatic carbocycles. The van der Waals surface area contributed by atoms with Gasteiger partial charge in [-0.2, -0.15) is 24.9 Å². The number of amides is 1. The maximum atomic E-state index is 14.2. The number of nitrogens with one attached hydrogen (secondary N) is 1. The lowest BCUT2D eigenvalue weighted by Gasteiger charge is -2.19. The van der Waals surface area contributed by atoms with Crippen molar-refractivity contribution >= 4 is 34.8 Å². The number of alkyl halides is 3. The first kappa shape index (κ1) is 30.8. The van der Waals surface area contributed by atoms with Crippen LogP contribution in [-0.2, 0) is 22.3 Å². The first-order valence-corrected chi connectivity index (χ1v) is 14.8. The van der Waals surface area contributed by atoms with Crippen molar-refractivity contribution in [1.29, 1.82) is 0 Å². The number of halogens is 3. The summed E-state index contributed by atoms with van der Waals surface area (Å²) in [6.45, 7) is 0.479. The smallest absolute Gasteiger partial charge is 0.450 e. The average Bonchev–Trinajstić information content (AvgIpc) is 3.01. The highest BCUT2D eigenvalue weighted by molar-refractivity contribution is 7.98.